The van der Waals surface area contributed by atoms with Gasteiger partial charge in [-0.25, -0.2) is 0 Å². The predicted molar refractivity (Wildman–Crippen MR) is 45.8 cm³/mol. The molecule has 10 heavy (non-hydrogen) atoms. The van der Waals surface area contributed by atoms with Crippen LogP contribution >= 0.6 is 20.5 Å². The number of halogens is 2. The van der Waals surface area contributed by atoms with E-state index in [1.54, 1.807) is 6.08 Å². The van der Waals surface area contributed by atoms with Crippen molar-refractivity contribution >= 4 is 47.9 Å². The number of rotatable bonds is 1. The van der Waals surface area contributed by atoms with E-state index in [1.165, 1.54) is 0 Å². The molecule has 0 amide bonds. The number of alkyl halides is 1. The molecule has 0 atom stereocenters. The maximum absolute atomic E-state index is 9.00. The van der Waals surface area contributed by atoms with Gasteiger partial charge < -0.3 is 5.11 Å². The van der Waals surface area contributed by atoms with Crippen LogP contribution in [-0.4, -0.2) is 38.4 Å². The molecule has 0 aromatic rings. The van der Waals surface area contributed by atoms with E-state index in [2.05, 4.69) is 6.58 Å². The number of hydrogen-bond donors (Lipinski definition) is 1. The topological polar surface area (TPSA) is 37.3 Å². The van der Waals surface area contributed by atoms with Crippen LogP contribution in [0.15, 0.2) is 12.7 Å². The molecule has 5 heteroatoms. The standard InChI is InChI=1S/C3H5Cl.C2H4O2.ClH.Sn/c1-2-3-4;1-2(3)4;;/h2H,1,3H2;1H3,(H,3,4);1H;/q;;;+1/p-1. The molecule has 2 nitrogen and oxygen atoms in total. The summed E-state index contributed by atoms with van der Waals surface area (Å²) in [6.07, 6.45) is 1.64. The first-order valence-electron chi connectivity index (χ1n) is 2.20. The van der Waals surface area contributed by atoms with Gasteiger partial charge in [0.25, 0.3) is 5.97 Å². The van der Waals surface area contributed by atoms with Crippen LogP contribution in [0.2, 0.25) is 0 Å². The van der Waals surface area contributed by atoms with Crippen molar-refractivity contribution in [2.24, 2.45) is 0 Å². The molecular weight excluding hydrogens is 282 g/mol. The molecule has 0 unspecified atom stereocenters. The zero-order valence-corrected chi connectivity index (χ0v) is 9.97. The van der Waals surface area contributed by atoms with E-state index in [-0.39, 0.29) is 0 Å². The van der Waals surface area contributed by atoms with Crippen LogP contribution < -0.4 is 0 Å². The maximum atomic E-state index is 9.00. The molecule has 0 bridgehead atoms. The molecule has 0 spiro atoms. The molecule has 3 radical (unpaired) electrons. The summed E-state index contributed by atoms with van der Waals surface area (Å²) in [4.78, 5) is 9.00. The number of hydrogen-bond acceptors (Lipinski definition) is 1. The fourth-order valence-electron chi connectivity index (χ4n) is 0. The monoisotopic (exact) mass is 291 g/mol. The number of carboxylic acid groups (broad SMARTS) is 1. The van der Waals surface area contributed by atoms with Gasteiger partial charge >= 0.3 is 30.3 Å². The number of carbonyl (C=O) groups is 1. The first kappa shape index (κ1) is 16.9. The van der Waals surface area contributed by atoms with Crippen molar-refractivity contribution in [1.29, 1.82) is 0 Å². The van der Waals surface area contributed by atoms with Crippen molar-refractivity contribution in [2.75, 3.05) is 5.88 Å². The zero-order chi connectivity index (χ0) is 8.99. The molecule has 0 fully saturated rings. The van der Waals surface area contributed by atoms with E-state index in [0.717, 1.165) is 28.3 Å². The van der Waals surface area contributed by atoms with Gasteiger partial charge in [0.2, 0.25) is 0 Å². The Morgan fingerprint density at radius 2 is 1.90 bits per heavy atom. The third kappa shape index (κ3) is 196. The van der Waals surface area contributed by atoms with Gasteiger partial charge in [-0.2, -0.15) is 0 Å². The quantitative estimate of drug-likeness (QED) is 0.454. The molecule has 0 aliphatic heterocycles. The van der Waals surface area contributed by atoms with Gasteiger partial charge in [0, 0.05) is 12.8 Å². The fourth-order valence-corrected chi connectivity index (χ4v) is 0. The first-order chi connectivity index (χ1) is 4.65. The molecule has 0 heterocycles. The minimum atomic E-state index is -0.833. The first-order valence-corrected chi connectivity index (χ1v) is 6.35. The van der Waals surface area contributed by atoms with Crippen molar-refractivity contribution < 1.29 is 9.90 Å². The second-order valence-corrected chi connectivity index (χ2v) is 1.27. The van der Waals surface area contributed by atoms with Gasteiger partial charge in [-0.1, -0.05) is 6.08 Å². The summed E-state index contributed by atoms with van der Waals surface area (Å²) in [5, 5.41) is 7.42. The minimum absolute atomic E-state index is 0.556. The van der Waals surface area contributed by atoms with E-state index in [0.29, 0.717) is 5.88 Å². The SMILES string of the molecule is C=CCCl.CC(=O)O.[Cl][Sn]. The zero-order valence-electron chi connectivity index (χ0n) is 5.60. The molecule has 0 saturated heterocycles. The van der Waals surface area contributed by atoms with Gasteiger partial charge in [-0.3, -0.25) is 4.79 Å². The fraction of sp³-hybridized carbons (Fsp3) is 0.400. The van der Waals surface area contributed by atoms with Crippen molar-refractivity contribution in [3.63, 3.8) is 0 Å². The summed E-state index contributed by atoms with van der Waals surface area (Å²) in [5.74, 6) is -0.278. The van der Waals surface area contributed by atoms with Gasteiger partial charge in [-0.05, 0) is 0 Å². The van der Waals surface area contributed by atoms with Gasteiger partial charge in [0.1, 0.15) is 0 Å². The van der Waals surface area contributed by atoms with E-state index in [9.17, 15) is 0 Å². The molecular formula is C5H9Cl2O2Sn. The Morgan fingerprint density at radius 3 is 1.90 bits per heavy atom. The third-order valence-corrected chi connectivity index (χ3v) is 0.327. The molecule has 1 N–H and O–H groups in total. The molecule has 0 rings (SSSR count). The Morgan fingerprint density at radius 1 is 1.80 bits per heavy atom. The number of allylic oxidation sites excluding steroid dienone is 1. The predicted octanol–water partition coefficient (Wildman–Crippen LogP) is 1.81. The van der Waals surface area contributed by atoms with E-state index in [1.807, 2.05) is 0 Å². The van der Waals surface area contributed by atoms with Crippen LogP contribution in [0.25, 0.3) is 0 Å². The van der Waals surface area contributed by atoms with Gasteiger partial charge in [0.15, 0.2) is 0 Å². The van der Waals surface area contributed by atoms with E-state index < -0.39 is 5.97 Å². The number of carboxylic acids is 1. The summed E-state index contributed by atoms with van der Waals surface area (Å²) in [7, 11) is 4.73. The average molecular weight is 291 g/mol. The summed E-state index contributed by atoms with van der Waals surface area (Å²) >= 11 is 6.09. The van der Waals surface area contributed by atoms with Crippen LogP contribution in [-0.2, 0) is 4.79 Å². The second-order valence-electron chi connectivity index (χ2n) is 0.962. The average Bonchev–Trinajstić information content (AvgIpc) is 1.91. The normalized spacial score (nSPS) is 5.60. The molecule has 0 aromatic carbocycles. The summed E-state index contributed by atoms with van der Waals surface area (Å²) in [6.45, 7) is 4.43. The Bertz CT molecular complexity index is 74.0. The van der Waals surface area contributed by atoms with Gasteiger partial charge in [-0.15, -0.1) is 18.2 Å². The second kappa shape index (κ2) is 22.6. The van der Waals surface area contributed by atoms with Crippen LogP contribution in [0.1, 0.15) is 6.92 Å². The number of aliphatic carboxylic acids is 1. The van der Waals surface area contributed by atoms with Crippen molar-refractivity contribution in [2.45, 2.75) is 6.92 Å². The molecule has 59 valence electrons. The van der Waals surface area contributed by atoms with Gasteiger partial charge in [0.05, 0.1) is 0 Å². The Balaban J connectivity index is -0.0000000787. The molecule has 0 saturated carbocycles. The van der Waals surface area contributed by atoms with Crippen LogP contribution in [0.3, 0.4) is 0 Å². The summed E-state index contributed by atoms with van der Waals surface area (Å²) in [5.41, 5.74) is 0. The van der Waals surface area contributed by atoms with Crippen molar-refractivity contribution in [3.8, 4) is 0 Å². The van der Waals surface area contributed by atoms with E-state index in [4.69, 9.17) is 30.4 Å². The molecule has 0 aliphatic rings. The van der Waals surface area contributed by atoms with Crippen LogP contribution in [0.4, 0.5) is 0 Å². The van der Waals surface area contributed by atoms with Crippen LogP contribution in [0, 0.1) is 0 Å². The van der Waals surface area contributed by atoms with Crippen molar-refractivity contribution in [1.82, 2.24) is 0 Å². The van der Waals surface area contributed by atoms with Crippen LogP contribution in [0.5, 0.6) is 0 Å². The molecule has 0 aromatic heterocycles. The Labute approximate surface area is 83.0 Å². The van der Waals surface area contributed by atoms with Crippen molar-refractivity contribution in [3.05, 3.63) is 12.7 Å². The van der Waals surface area contributed by atoms with E-state index >= 15 is 0 Å². The summed E-state index contributed by atoms with van der Waals surface area (Å²) in [6, 6.07) is 0. The Hall–Kier alpha value is 0.589. The molecule has 0 aliphatic carbocycles. The third-order valence-electron chi connectivity index (χ3n) is 0.109. The Kier molecular flexibility index (Phi) is 38.3. The summed E-state index contributed by atoms with van der Waals surface area (Å²) < 4.78 is 0.